The Kier molecular flexibility index (Phi) is 8.42. The zero-order valence-corrected chi connectivity index (χ0v) is 17.2. The van der Waals surface area contributed by atoms with Crippen molar-refractivity contribution in [3.8, 4) is 0 Å². The number of rotatable bonds is 8. The summed E-state index contributed by atoms with van der Waals surface area (Å²) in [6.07, 6.45) is 4.49. The highest BCUT2D eigenvalue weighted by Crippen LogP contribution is 2.22. The van der Waals surface area contributed by atoms with Crippen molar-refractivity contribution >= 4 is 5.96 Å². The lowest BCUT2D eigenvalue weighted by atomic mass is 9.99. The summed E-state index contributed by atoms with van der Waals surface area (Å²) < 4.78 is 5.49. The Balaban J connectivity index is 1.90. The standard InChI is InChI=1S/C20H37N5O/c1-6-16(7-2)19-13-18(26-24-19)14-22-20(21-8-3)23-17-9-11-25(12-10-17)15(4)5/h13,15-17H,6-12,14H2,1-5H3,(H2,21,22,23). The van der Waals surface area contributed by atoms with Crippen LogP contribution in [0.3, 0.4) is 0 Å². The van der Waals surface area contributed by atoms with Gasteiger partial charge in [0.1, 0.15) is 6.54 Å². The Hall–Kier alpha value is -1.56. The van der Waals surface area contributed by atoms with Crippen molar-refractivity contribution in [2.75, 3.05) is 19.6 Å². The molecule has 1 fully saturated rings. The van der Waals surface area contributed by atoms with Gasteiger partial charge in [0.15, 0.2) is 11.7 Å². The van der Waals surface area contributed by atoms with E-state index in [1.807, 2.05) is 0 Å². The molecule has 1 saturated heterocycles. The van der Waals surface area contributed by atoms with Gasteiger partial charge in [0.25, 0.3) is 0 Å². The molecule has 0 amide bonds. The van der Waals surface area contributed by atoms with Gasteiger partial charge in [-0.15, -0.1) is 0 Å². The summed E-state index contributed by atoms with van der Waals surface area (Å²) in [7, 11) is 0. The molecule has 0 atom stereocenters. The number of aliphatic imine (C=N–C) groups is 1. The molecule has 148 valence electrons. The monoisotopic (exact) mass is 363 g/mol. The van der Waals surface area contributed by atoms with E-state index in [-0.39, 0.29) is 0 Å². The molecule has 0 unspecified atom stereocenters. The summed E-state index contributed by atoms with van der Waals surface area (Å²) in [6, 6.07) is 3.18. The van der Waals surface area contributed by atoms with Crippen LogP contribution in [0.25, 0.3) is 0 Å². The van der Waals surface area contributed by atoms with E-state index in [0.717, 1.165) is 62.7 Å². The minimum atomic E-state index is 0.481. The van der Waals surface area contributed by atoms with Crippen LogP contribution < -0.4 is 10.6 Å². The molecule has 1 aliphatic heterocycles. The molecule has 1 aliphatic rings. The van der Waals surface area contributed by atoms with Gasteiger partial charge in [-0.3, -0.25) is 0 Å². The fourth-order valence-electron chi connectivity index (χ4n) is 3.53. The van der Waals surface area contributed by atoms with Gasteiger partial charge >= 0.3 is 0 Å². The molecule has 1 aromatic rings. The minimum Gasteiger partial charge on any atom is -0.359 e. The van der Waals surface area contributed by atoms with Gasteiger partial charge in [0.2, 0.25) is 0 Å². The predicted octanol–water partition coefficient (Wildman–Crippen LogP) is 3.51. The van der Waals surface area contributed by atoms with Crippen molar-refractivity contribution in [3.63, 3.8) is 0 Å². The number of piperidine rings is 1. The molecule has 26 heavy (non-hydrogen) atoms. The fourth-order valence-corrected chi connectivity index (χ4v) is 3.53. The van der Waals surface area contributed by atoms with Crippen LogP contribution in [0, 0.1) is 0 Å². The summed E-state index contributed by atoms with van der Waals surface area (Å²) in [5.74, 6) is 2.18. The summed E-state index contributed by atoms with van der Waals surface area (Å²) in [5, 5.41) is 11.2. The van der Waals surface area contributed by atoms with Gasteiger partial charge in [-0.05, 0) is 46.5 Å². The molecule has 0 saturated carbocycles. The highest BCUT2D eigenvalue weighted by molar-refractivity contribution is 5.80. The van der Waals surface area contributed by atoms with Crippen LogP contribution in [0.5, 0.6) is 0 Å². The van der Waals surface area contributed by atoms with E-state index in [9.17, 15) is 0 Å². The first-order chi connectivity index (χ1) is 12.6. The number of aromatic nitrogens is 1. The Morgan fingerprint density at radius 2 is 1.96 bits per heavy atom. The first kappa shape index (κ1) is 20.7. The van der Waals surface area contributed by atoms with Crippen LogP contribution in [0.15, 0.2) is 15.6 Å². The number of hydrogen-bond donors (Lipinski definition) is 2. The third-order valence-electron chi connectivity index (χ3n) is 5.32. The first-order valence-corrected chi connectivity index (χ1v) is 10.3. The van der Waals surface area contributed by atoms with E-state index in [0.29, 0.717) is 24.5 Å². The molecule has 0 spiro atoms. The molecule has 6 heteroatoms. The van der Waals surface area contributed by atoms with E-state index in [1.54, 1.807) is 0 Å². The fraction of sp³-hybridized carbons (Fsp3) is 0.800. The third kappa shape index (κ3) is 6.01. The van der Waals surface area contributed by atoms with Gasteiger partial charge < -0.3 is 20.1 Å². The maximum absolute atomic E-state index is 5.49. The van der Waals surface area contributed by atoms with E-state index in [4.69, 9.17) is 9.52 Å². The van der Waals surface area contributed by atoms with Crippen molar-refractivity contribution in [1.29, 1.82) is 0 Å². The summed E-state index contributed by atoms with van der Waals surface area (Å²) in [6.45, 7) is 14.7. The SMILES string of the molecule is CCNC(=NCc1cc(C(CC)CC)no1)NC1CCN(C(C)C)CC1. The molecule has 0 aromatic carbocycles. The highest BCUT2D eigenvalue weighted by atomic mass is 16.5. The van der Waals surface area contributed by atoms with E-state index < -0.39 is 0 Å². The number of nitrogens with one attached hydrogen (secondary N) is 2. The Bertz CT molecular complexity index is 542. The van der Waals surface area contributed by atoms with E-state index in [2.05, 4.69) is 61.4 Å². The van der Waals surface area contributed by atoms with Gasteiger partial charge in [-0.25, -0.2) is 4.99 Å². The van der Waals surface area contributed by atoms with Crippen LogP contribution in [0.2, 0.25) is 0 Å². The zero-order valence-electron chi connectivity index (χ0n) is 17.2. The van der Waals surface area contributed by atoms with Gasteiger partial charge in [-0.1, -0.05) is 19.0 Å². The third-order valence-corrected chi connectivity index (χ3v) is 5.32. The zero-order chi connectivity index (χ0) is 18.9. The van der Waals surface area contributed by atoms with Crippen LogP contribution in [-0.2, 0) is 6.54 Å². The maximum Gasteiger partial charge on any atom is 0.191 e. The second kappa shape index (κ2) is 10.6. The molecular weight excluding hydrogens is 326 g/mol. The molecule has 6 nitrogen and oxygen atoms in total. The van der Waals surface area contributed by atoms with Crippen LogP contribution in [0.4, 0.5) is 0 Å². The molecule has 2 N–H and O–H groups in total. The van der Waals surface area contributed by atoms with Crippen molar-refractivity contribution in [2.45, 2.75) is 84.8 Å². The topological polar surface area (TPSA) is 65.7 Å². The molecule has 1 aromatic heterocycles. The first-order valence-electron chi connectivity index (χ1n) is 10.3. The summed E-state index contributed by atoms with van der Waals surface area (Å²) in [4.78, 5) is 7.24. The van der Waals surface area contributed by atoms with Crippen molar-refractivity contribution in [2.24, 2.45) is 4.99 Å². The average Bonchev–Trinajstić information content (AvgIpc) is 3.10. The molecule has 2 rings (SSSR count). The highest BCUT2D eigenvalue weighted by Gasteiger charge is 2.21. The van der Waals surface area contributed by atoms with Crippen LogP contribution in [0.1, 0.15) is 77.7 Å². The van der Waals surface area contributed by atoms with Gasteiger partial charge in [-0.2, -0.15) is 0 Å². The van der Waals surface area contributed by atoms with E-state index >= 15 is 0 Å². The molecular formula is C20H37N5O. The number of likely N-dealkylation sites (tertiary alicyclic amines) is 1. The molecule has 0 aliphatic carbocycles. The lowest BCUT2D eigenvalue weighted by Crippen LogP contribution is -2.49. The second-order valence-corrected chi connectivity index (χ2v) is 7.48. The Morgan fingerprint density at radius 3 is 2.54 bits per heavy atom. The Morgan fingerprint density at radius 1 is 1.27 bits per heavy atom. The lowest BCUT2D eigenvalue weighted by molar-refractivity contribution is 0.167. The largest absolute Gasteiger partial charge is 0.359 e. The number of hydrogen-bond acceptors (Lipinski definition) is 4. The maximum atomic E-state index is 5.49. The quantitative estimate of drug-likeness (QED) is 0.546. The second-order valence-electron chi connectivity index (χ2n) is 7.48. The molecule has 2 heterocycles. The van der Waals surface area contributed by atoms with Gasteiger partial charge in [0.05, 0.1) is 5.69 Å². The number of guanidine groups is 1. The molecule has 0 bridgehead atoms. The smallest absolute Gasteiger partial charge is 0.191 e. The van der Waals surface area contributed by atoms with Crippen molar-refractivity contribution < 1.29 is 4.52 Å². The molecule has 0 radical (unpaired) electrons. The van der Waals surface area contributed by atoms with Gasteiger partial charge in [0, 0.05) is 43.7 Å². The van der Waals surface area contributed by atoms with Crippen LogP contribution >= 0.6 is 0 Å². The normalized spacial score (nSPS) is 17.3. The van der Waals surface area contributed by atoms with E-state index in [1.165, 1.54) is 0 Å². The Labute approximate surface area is 158 Å². The van der Waals surface area contributed by atoms with Crippen molar-refractivity contribution in [1.82, 2.24) is 20.7 Å². The minimum absolute atomic E-state index is 0.481. The average molecular weight is 364 g/mol. The van der Waals surface area contributed by atoms with Crippen molar-refractivity contribution in [3.05, 3.63) is 17.5 Å². The summed E-state index contributed by atoms with van der Waals surface area (Å²) >= 11 is 0. The van der Waals surface area contributed by atoms with Crippen LogP contribution in [-0.4, -0.2) is 47.7 Å². The lowest BCUT2D eigenvalue weighted by Gasteiger charge is -2.35. The predicted molar refractivity (Wildman–Crippen MR) is 108 cm³/mol. The summed E-state index contributed by atoms with van der Waals surface area (Å²) in [5.41, 5.74) is 1.05. The number of nitrogens with zero attached hydrogens (tertiary/aromatic N) is 3.